The Kier molecular flexibility index (Phi) is 18.7. The van der Waals surface area contributed by atoms with E-state index in [0.717, 1.165) is 6.42 Å². The summed E-state index contributed by atoms with van der Waals surface area (Å²) in [5.41, 5.74) is 1.43. The van der Waals surface area contributed by atoms with Crippen molar-refractivity contribution < 1.29 is 43.0 Å². The molecule has 2 aromatic rings. The van der Waals surface area contributed by atoms with E-state index in [1.807, 2.05) is 77.0 Å². The van der Waals surface area contributed by atoms with E-state index in [-0.39, 0.29) is 59.8 Å². The lowest BCUT2D eigenvalue weighted by molar-refractivity contribution is -0.144. The number of hydrogen-bond acceptors (Lipinski definition) is 10. The Morgan fingerprint density at radius 2 is 1.41 bits per heavy atom. The SMILES string of the molecule is COC(CC(=O)N1CCCC1C(OC)C(C)C(=O)NC(C)C(OC(=O)c1ccc(C(C)=O)cc1)c1ccccc1)CN(C)C(=O)[C@@H](NC(=O)C(C(C)C)N(C)C)C(C)C. The lowest BCUT2D eigenvalue weighted by Gasteiger charge is -2.36. The van der Waals surface area contributed by atoms with E-state index in [4.69, 9.17) is 14.2 Å². The number of carbonyl (C=O) groups excluding carboxylic acids is 6. The summed E-state index contributed by atoms with van der Waals surface area (Å²) in [4.78, 5) is 84.9. The summed E-state index contributed by atoms with van der Waals surface area (Å²) >= 11 is 0. The van der Waals surface area contributed by atoms with Gasteiger partial charge in [0.1, 0.15) is 12.1 Å². The summed E-state index contributed by atoms with van der Waals surface area (Å²) in [5, 5.41) is 5.99. The Labute approximate surface area is 350 Å². The Morgan fingerprint density at radius 1 is 0.797 bits per heavy atom. The summed E-state index contributed by atoms with van der Waals surface area (Å²) in [5.74, 6) is -2.57. The lowest BCUT2D eigenvalue weighted by Crippen LogP contribution is -2.56. The fourth-order valence-electron chi connectivity index (χ4n) is 7.90. The first-order valence-corrected chi connectivity index (χ1v) is 20.6. The number of Topliss-reactive ketones (excluding diaryl/α,β-unsaturated/α-hetero) is 1. The Morgan fingerprint density at radius 3 is 1.93 bits per heavy atom. The molecule has 0 aromatic heterocycles. The van der Waals surface area contributed by atoms with Crippen LogP contribution in [0.3, 0.4) is 0 Å². The monoisotopic (exact) mass is 821 g/mol. The minimum atomic E-state index is -0.837. The molecule has 326 valence electrons. The third-order valence-corrected chi connectivity index (χ3v) is 11.2. The van der Waals surface area contributed by atoms with Crippen LogP contribution in [0.2, 0.25) is 0 Å². The highest BCUT2D eigenvalue weighted by atomic mass is 16.5. The first-order chi connectivity index (χ1) is 27.8. The van der Waals surface area contributed by atoms with Gasteiger partial charge in [-0.15, -0.1) is 0 Å². The van der Waals surface area contributed by atoms with E-state index >= 15 is 0 Å². The standard InChI is InChI=1S/C45H67N5O9/c1-27(2)38(47-43(54)39(28(3)4)48(8)9)44(55)49(10)26-35(57-11)25-37(52)50-24-16-19-36(50)40(58-12)29(5)42(53)46-30(6)41(33-17-14-13-15-18-33)59-45(56)34-22-20-32(21-23-34)31(7)51/h13-15,17-18,20-23,27-30,35-36,38-41H,16,19,24-26H2,1-12H3,(H,46,53)(H,47,54)/t29?,30?,35?,36?,38-,39?,40?,41?/m0/s1. The van der Waals surface area contributed by atoms with Gasteiger partial charge in [0.25, 0.3) is 0 Å². The van der Waals surface area contributed by atoms with Gasteiger partial charge >= 0.3 is 5.97 Å². The molecule has 0 saturated carbocycles. The van der Waals surface area contributed by atoms with Crippen molar-refractivity contribution in [3.63, 3.8) is 0 Å². The van der Waals surface area contributed by atoms with Crippen LogP contribution in [-0.4, -0.2) is 135 Å². The lowest BCUT2D eigenvalue weighted by atomic mass is 9.93. The maximum Gasteiger partial charge on any atom is 0.338 e. The van der Waals surface area contributed by atoms with Crippen molar-refractivity contribution >= 4 is 35.4 Å². The molecular weight excluding hydrogens is 755 g/mol. The predicted molar refractivity (Wildman–Crippen MR) is 225 cm³/mol. The molecule has 0 radical (unpaired) electrons. The van der Waals surface area contributed by atoms with Gasteiger partial charge in [-0.25, -0.2) is 4.79 Å². The van der Waals surface area contributed by atoms with Gasteiger partial charge in [-0.3, -0.25) is 28.9 Å². The predicted octanol–water partition coefficient (Wildman–Crippen LogP) is 4.52. The third kappa shape index (κ3) is 13.2. The van der Waals surface area contributed by atoms with Crippen LogP contribution in [0.1, 0.15) is 100 Å². The van der Waals surface area contributed by atoms with Gasteiger partial charge in [-0.1, -0.05) is 77.1 Å². The fraction of sp³-hybridized carbons (Fsp3) is 0.600. The second-order valence-electron chi connectivity index (χ2n) is 16.6. The van der Waals surface area contributed by atoms with Gasteiger partial charge in [0, 0.05) is 39.9 Å². The molecule has 3 rings (SSSR count). The molecule has 2 aromatic carbocycles. The highest BCUT2D eigenvalue weighted by molar-refractivity contribution is 5.96. The Hall–Kier alpha value is -4.66. The number of nitrogens with zero attached hydrogens (tertiary/aromatic N) is 3. The molecule has 2 N–H and O–H groups in total. The number of nitrogens with one attached hydrogen (secondary N) is 2. The molecule has 14 nitrogen and oxygen atoms in total. The maximum atomic E-state index is 13.9. The van der Waals surface area contributed by atoms with Crippen LogP contribution in [-0.2, 0) is 33.4 Å². The molecule has 1 aliphatic rings. The molecule has 0 spiro atoms. The number of amides is 4. The number of ether oxygens (including phenoxy) is 3. The summed E-state index contributed by atoms with van der Waals surface area (Å²) < 4.78 is 17.6. The molecule has 59 heavy (non-hydrogen) atoms. The molecule has 8 atom stereocenters. The number of hydrogen-bond donors (Lipinski definition) is 2. The molecular formula is C45H67N5O9. The minimum Gasteiger partial charge on any atom is -0.452 e. The third-order valence-electron chi connectivity index (χ3n) is 11.2. The van der Waals surface area contributed by atoms with Crippen LogP contribution in [0.15, 0.2) is 54.6 Å². The number of esters is 1. The normalized spacial score (nSPS) is 17.7. The van der Waals surface area contributed by atoms with E-state index in [1.165, 1.54) is 38.2 Å². The van der Waals surface area contributed by atoms with Crippen LogP contribution in [0, 0.1) is 17.8 Å². The van der Waals surface area contributed by atoms with Crippen molar-refractivity contribution in [3.05, 3.63) is 71.3 Å². The van der Waals surface area contributed by atoms with Crippen molar-refractivity contribution in [2.75, 3.05) is 48.5 Å². The van der Waals surface area contributed by atoms with E-state index in [0.29, 0.717) is 24.1 Å². The van der Waals surface area contributed by atoms with Crippen LogP contribution >= 0.6 is 0 Å². The minimum absolute atomic E-state index is 0.00494. The summed E-state index contributed by atoms with van der Waals surface area (Å²) in [6, 6.07) is 13.1. The molecule has 1 fully saturated rings. The molecule has 0 bridgehead atoms. The number of rotatable bonds is 21. The first kappa shape index (κ1) is 48.7. The van der Waals surface area contributed by atoms with E-state index < -0.39 is 54.4 Å². The molecule has 0 aliphatic carbocycles. The second-order valence-corrected chi connectivity index (χ2v) is 16.6. The fourth-order valence-corrected chi connectivity index (χ4v) is 7.90. The molecule has 1 aliphatic heterocycles. The average Bonchev–Trinajstić information content (AvgIpc) is 3.68. The zero-order valence-electron chi connectivity index (χ0n) is 37.0. The Balaban J connectivity index is 1.69. The van der Waals surface area contributed by atoms with Gasteiger partial charge in [0.2, 0.25) is 23.6 Å². The van der Waals surface area contributed by atoms with Crippen LogP contribution in [0.4, 0.5) is 0 Å². The molecule has 7 unspecified atom stereocenters. The largest absolute Gasteiger partial charge is 0.452 e. The van der Waals surface area contributed by atoms with Gasteiger partial charge in [0.15, 0.2) is 5.78 Å². The van der Waals surface area contributed by atoms with E-state index in [2.05, 4.69) is 10.6 Å². The highest BCUT2D eigenvalue weighted by Gasteiger charge is 2.41. The first-order valence-electron chi connectivity index (χ1n) is 20.6. The van der Waals surface area contributed by atoms with Crippen molar-refractivity contribution in [1.82, 2.24) is 25.3 Å². The summed E-state index contributed by atoms with van der Waals surface area (Å²) in [6.45, 7) is 13.2. The van der Waals surface area contributed by atoms with Crippen molar-refractivity contribution in [2.45, 2.75) is 110 Å². The Bertz CT molecular complexity index is 1710. The number of likely N-dealkylation sites (tertiary alicyclic amines) is 1. The zero-order valence-corrected chi connectivity index (χ0v) is 37.0. The van der Waals surface area contributed by atoms with Gasteiger partial charge in [-0.2, -0.15) is 0 Å². The smallest absolute Gasteiger partial charge is 0.338 e. The number of carbonyl (C=O) groups is 6. The van der Waals surface area contributed by atoms with Crippen molar-refractivity contribution in [1.29, 1.82) is 0 Å². The van der Waals surface area contributed by atoms with E-state index in [9.17, 15) is 28.8 Å². The van der Waals surface area contributed by atoms with Gasteiger partial charge in [-0.05, 0) is 70.3 Å². The highest BCUT2D eigenvalue weighted by Crippen LogP contribution is 2.29. The summed E-state index contributed by atoms with van der Waals surface area (Å²) in [7, 11) is 8.34. The van der Waals surface area contributed by atoms with Gasteiger partial charge in [0.05, 0.1) is 48.2 Å². The molecule has 14 heteroatoms. The van der Waals surface area contributed by atoms with Crippen LogP contribution in [0.25, 0.3) is 0 Å². The molecule has 1 saturated heterocycles. The molecule has 1 heterocycles. The quantitative estimate of drug-likeness (QED) is 0.135. The average molecular weight is 822 g/mol. The van der Waals surface area contributed by atoms with Gasteiger partial charge < -0.3 is 34.6 Å². The van der Waals surface area contributed by atoms with Crippen molar-refractivity contribution in [3.8, 4) is 0 Å². The maximum absolute atomic E-state index is 13.9. The van der Waals surface area contributed by atoms with E-state index in [1.54, 1.807) is 37.9 Å². The topological polar surface area (TPSA) is 164 Å². The zero-order chi connectivity index (χ0) is 44.1. The second kappa shape index (κ2) is 22.6. The number of benzene rings is 2. The number of likely N-dealkylation sites (N-methyl/N-ethyl adjacent to an activating group) is 2. The number of methoxy groups -OCH3 is 2. The van der Waals surface area contributed by atoms with Crippen LogP contribution < -0.4 is 10.6 Å². The molecule has 4 amide bonds. The number of ketones is 1. The van der Waals surface area contributed by atoms with Crippen molar-refractivity contribution in [2.24, 2.45) is 17.8 Å². The van der Waals surface area contributed by atoms with Crippen LogP contribution in [0.5, 0.6) is 0 Å². The summed E-state index contributed by atoms with van der Waals surface area (Å²) in [6.07, 6.45) is -0.774.